The molecule has 1 unspecified atom stereocenters. The van der Waals surface area contributed by atoms with Gasteiger partial charge in [0, 0.05) is 42.6 Å². The Morgan fingerprint density at radius 3 is 3.15 bits per heavy atom. The number of benzene rings is 1. The van der Waals surface area contributed by atoms with E-state index >= 15 is 0 Å². The minimum atomic E-state index is 0.365. The molecule has 1 saturated heterocycles. The molecule has 0 amide bonds. The first-order valence-electron chi connectivity index (χ1n) is 6.83. The van der Waals surface area contributed by atoms with Crippen molar-refractivity contribution in [1.29, 1.82) is 0 Å². The third kappa shape index (κ3) is 3.20. The predicted molar refractivity (Wildman–Crippen MR) is 84.3 cm³/mol. The van der Waals surface area contributed by atoms with Crippen molar-refractivity contribution in [3.8, 4) is 0 Å². The van der Waals surface area contributed by atoms with Crippen LogP contribution in [0.3, 0.4) is 0 Å². The zero-order chi connectivity index (χ0) is 13.9. The van der Waals surface area contributed by atoms with Crippen LogP contribution in [0, 0.1) is 6.92 Å². The Balaban J connectivity index is 1.80. The van der Waals surface area contributed by atoms with Crippen LogP contribution in [0.25, 0.3) is 0 Å². The molecule has 0 saturated carbocycles. The third-order valence-corrected chi connectivity index (χ3v) is 4.68. The van der Waals surface area contributed by atoms with Crippen LogP contribution in [-0.2, 0) is 6.54 Å². The Labute approximate surface area is 128 Å². The van der Waals surface area contributed by atoms with Crippen LogP contribution in [0.4, 0.5) is 0 Å². The summed E-state index contributed by atoms with van der Waals surface area (Å²) in [4.78, 5) is 7.06. The molecule has 0 aliphatic carbocycles. The fourth-order valence-corrected chi connectivity index (χ4v) is 3.47. The van der Waals surface area contributed by atoms with Gasteiger partial charge < -0.3 is 5.32 Å². The zero-order valence-electron chi connectivity index (χ0n) is 11.5. The van der Waals surface area contributed by atoms with Crippen LogP contribution in [0.5, 0.6) is 0 Å². The molecule has 20 heavy (non-hydrogen) atoms. The van der Waals surface area contributed by atoms with Crippen LogP contribution in [0.2, 0.25) is 5.02 Å². The molecule has 0 radical (unpaired) electrons. The molecule has 1 atom stereocenters. The summed E-state index contributed by atoms with van der Waals surface area (Å²) < 4.78 is 0. The van der Waals surface area contributed by atoms with Crippen molar-refractivity contribution in [3.05, 3.63) is 50.9 Å². The van der Waals surface area contributed by atoms with Crippen molar-refractivity contribution < 1.29 is 0 Å². The predicted octanol–water partition coefficient (Wildman–Crippen LogP) is 3.25. The number of hydrogen-bond donors (Lipinski definition) is 1. The van der Waals surface area contributed by atoms with E-state index in [2.05, 4.69) is 39.6 Å². The quantitative estimate of drug-likeness (QED) is 0.943. The molecule has 1 aliphatic heterocycles. The monoisotopic (exact) mass is 307 g/mol. The Bertz CT molecular complexity index is 584. The molecule has 2 aromatic rings. The van der Waals surface area contributed by atoms with E-state index in [-0.39, 0.29) is 0 Å². The molecule has 0 spiro atoms. The van der Waals surface area contributed by atoms with E-state index in [9.17, 15) is 0 Å². The van der Waals surface area contributed by atoms with Gasteiger partial charge in [-0.25, -0.2) is 4.98 Å². The highest BCUT2D eigenvalue weighted by Crippen LogP contribution is 2.26. The van der Waals surface area contributed by atoms with Crippen molar-refractivity contribution in [3.63, 3.8) is 0 Å². The molecule has 1 aromatic heterocycles. The van der Waals surface area contributed by atoms with Gasteiger partial charge in [-0.15, -0.1) is 11.3 Å². The van der Waals surface area contributed by atoms with E-state index in [1.165, 1.54) is 11.3 Å². The maximum Gasteiger partial charge on any atom is 0.0897 e. The number of rotatable bonds is 3. The molecule has 106 valence electrons. The third-order valence-electron chi connectivity index (χ3n) is 3.62. The minimum absolute atomic E-state index is 0.365. The lowest BCUT2D eigenvalue weighted by Gasteiger charge is -2.36. The molecule has 1 fully saturated rings. The lowest BCUT2D eigenvalue weighted by atomic mass is 10.0. The molecule has 3 rings (SSSR count). The largest absolute Gasteiger partial charge is 0.314 e. The number of piperazine rings is 1. The Morgan fingerprint density at radius 2 is 2.40 bits per heavy atom. The van der Waals surface area contributed by atoms with E-state index < -0.39 is 0 Å². The second-order valence-electron chi connectivity index (χ2n) is 5.10. The summed E-state index contributed by atoms with van der Waals surface area (Å²) in [6, 6.07) is 8.54. The summed E-state index contributed by atoms with van der Waals surface area (Å²) >= 11 is 7.84. The lowest BCUT2D eigenvalue weighted by Crippen LogP contribution is -2.45. The van der Waals surface area contributed by atoms with Gasteiger partial charge in [0.25, 0.3) is 0 Å². The fraction of sp³-hybridized carbons (Fsp3) is 0.400. The first-order valence-corrected chi connectivity index (χ1v) is 8.09. The second kappa shape index (κ2) is 6.22. The summed E-state index contributed by atoms with van der Waals surface area (Å²) in [6.07, 6.45) is 0. The van der Waals surface area contributed by atoms with Crippen LogP contribution in [0.1, 0.15) is 22.3 Å². The lowest BCUT2D eigenvalue weighted by molar-refractivity contribution is 0.152. The van der Waals surface area contributed by atoms with Gasteiger partial charge in [-0.2, -0.15) is 0 Å². The average Bonchev–Trinajstić information content (AvgIpc) is 2.85. The fourth-order valence-electron chi connectivity index (χ4n) is 2.67. The van der Waals surface area contributed by atoms with E-state index in [0.29, 0.717) is 6.04 Å². The number of halogens is 1. The van der Waals surface area contributed by atoms with E-state index in [1.54, 1.807) is 11.3 Å². The van der Waals surface area contributed by atoms with Crippen molar-refractivity contribution in [2.24, 2.45) is 0 Å². The van der Waals surface area contributed by atoms with Crippen LogP contribution in [-0.4, -0.2) is 29.5 Å². The van der Waals surface area contributed by atoms with Crippen LogP contribution in [0.15, 0.2) is 29.6 Å². The van der Waals surface area contributed by atoms with E-state index in [1.807, 2.05) is 12.1 Å². The second-order valence-corrected chi connectivity index (χ2v) is 6.60. The molecular weight excluding hydrogens is 290 g/mol. The van der Waals surface area contributed by atoms with Gasteiger partial charge in [-0.1, -0.05) is 23.7 Å². The van der Waals surface area contributed by atoms with Gasteiger partial charge in [0.05, 0.1) is 10.7 Å². The van der Waals surface area contributed by atoms with Crippen LogP contribution < -0.4 is 5.32 Å². The van der Waals surface area contributed by atoms with E-state index in [0.717, 1.165) is 36.2 Å². The van der Waals surface area contributed by atoms with Gasteiger partial charge in [-0.3, -0.25) is 4.90 Å². The summed E-state index contributed by atoms with van der Waals surface area (Å²) in [5, 5.41) is 7.57. The van der Waals surface area contributed by atoms with Gasteiger partial charge in [-0.05, 0) is 24.6 Å². The summed E-state index contributed by atoms with van der Waals surface area (Å²) in [7, 11) is 0. The number of thiazole rings is 1. The highest BCUT2D eigenvalue weighted by molar-refractivity contribution is 7.09. The zero-order valence-corrected chi connectivity index (χ0v) is 13.0. The molecule has 1 aromatic carbocycles. The maximum atomic E-state index is 6.13. The summed E-state index contributed by atoms with van der Waals surface area (Å²) in [6.45, 7) is 5.99. The number of nitrogens with one attached hydrogen (secondary N) is 1. The number of aromatic nitrogens is 1. The highest BCUT2D eigenvalue weighted by atomic mass is 35.5. The molecule has 3 nitrogen and oxygen atoms in total. The highest BCUT2D eigenvalue weighted by Gasteiger charge is 2.24. The number of hydrogen-bond acceptors (Lipinski definition) is 4. The van der Waals surface area contributed by atoms with Crippen molar-refractivity contribution in [2.45, 2.75) is 19.5 Å². The molecule has 1 N–H and O–H groups in total. The smallest absolute Gasteiger partial charge is 0.0897 e. The topological polar surface area (TPSA) is 28.2 Å². The number of nitrogens with zero attached hydrogens (tertiary/aromatic N) is 2. The average molecular weight is 308 g/mol. The van der Waals surface area contributed by atoms with Crippen molar-refractivity contribution in [1.82, 2.24) is 15.2 Å². The molecule has 0 bridgehead atoms. The van der Waals surface area contributed by atoms with Crippen molar-refractivity contribution >= 4 is 22.9 Å². The normalized spacial score (nSPS) is 20.2. The van der Waals surface area contributed by atoms with Crippen molar-refractivity contribution in [2.75, 3.05) is 19.6 Å². The maximum absolute atomic E-state index is 6.13. The van der Waals surface area contributed by atoms with Crippen LogP contribution >= 0.6 is 22.9 Å². The molecule has 5 heteroatoms. The van der Waals surface area contributed by atoms with Gasteiger partial charge >= 0.3 is 0 Å². The molecular formula is C15H18ClN3S. The number of aryl methyl sites for hydroxylation is 1. The molecule has 2 heterocycles. The first kappa shape index (κ1) is 14.0. The Kier molecular flexibility index (Phi) is 4.36. The standard InChI is InChI=1S/C15H18ClN3S/c1-11-18-14(10-20-11)9-19-6-5-17-8-15(19)12-3-2-4-13(16)7-12/h2-4,7,10,15,17H,5-6,8-9H2,1H3. The Morgan fingerprint density at radius 1 is 1.50 bits per heavy atom. The van der Waals surface area contributed by atoms with E-state index in [4.69, 9.17) is 11.6 Å². The summed E-state index contributed by atoms with van der Waals surface area (Å²) in [5.41, 5.74) is 2.44. The first-order chi connectivity index (χ1) is 9.72. The van der Waals surface area contributed by atoms with Gasteiger partial charge in [0.15, 0.2) is 0 Å². The SMILES string of the molecule is Cc1nc(CN2CCNCC2c2cccc(Cl)c2)cs1. The Hall–Kier alpha value is -0.940. The summed E-state index contributed by atoms with van der Waals surface area (Å²) in [5.74, 6) is 0. The van der Waals surface area contributed by atoms with Gasteiger partial charge in [0.1, 0.15) is 0 Å². The minimum Gasteiger partial charge on any atom is -0.314 e. The molecule has 1 aliphatic rings. The van der Waals surface area contributed by atoms with Gasteiger partial charge in [0.2, 0.25) is 0 Å².